The maximum Gasteiger partial charge on any atom is 0.00506 e. The van der Waals surface area contributed by atoms with Crippen LogP contribution in [0.3, 0.4) is 0 Å². The summed E-state index contributed by atoms with van der Waals surface area (Å²) in [5.74, 6) is 0. The molecule has 0 aromatic rings. The molecule has 2 aliphatic rings. The number of allylic oxidation sites excluding steroid dienone is 8. The van der Waals surface area contributed by atoms with Crippen LogP contribution in [-0.4, -0.2) is 0 Å². The molecule has 0 aromatic heterocycles. The van der Waals surface area contributed by atoms with Crippen molar-refractivity contribution in [2.45, 2.75) is 0 Å². The van der Waals surface area contributed by atoms with E-state index in [4.69, 9.17) is 0 Å². The third kappa shape index (κ3) is 36.1. The number of halogens is 6. The van der Waals surface area contributed by atoms with Gasteiger partial charge in [0.15, 0.2) is 0 Å². The average Bonchev–Trinajstić information content (AvgIpc) is 2.78. The van der Waals surface area contributed by atoms with E-state index in [1.807, 2.05) is 61.4 Å². The summed E-state index contributed by atoms with van der Waals surface area (Å²) in [6.45, 7) is 0. The van der Waals surface area contributed by atoms with Crippen LogP contribution < -0.4 is 0 Å². The standard InChI is InChI=1S/2C5H5.F6P.Fe/c2*1-2-4-5-3-1;1-7(2,3,4,5)6;/h2*1-5H;;/q;;-1;. The Labute approximate surface area is 112 Å². The topological polar surface area (TPSA) is 0 Å². The van der Waals surface area contributed by atoms with E-state index in [1.165, 1.54) is 0 Å². The molecule has 0 N–H and O–H groups in total. The first-order valence-corrected chi connectivity index (χ1v) is 6.38. The van der Waals surface area contributed by atoms with Gasteiger partial charge < -0.3 is 0 Å². The quantitative estimate of drug-likeness (QED) is 0.290. The Morgan fingerprint density at radius 1 is 0.444 bits per heavy atom. The van der Waals surface area contributed by atoms with Crippen molar-refractivity contribution in [1.29, 1.82) is 0 Å². The molecule has 0 amide bonds. The third-order valence-electron chi connectivity index (χ3n) is 1.11. The molecule has 0 bridgehead atoms. The van der Waals surface area contributed by atoms with E-state index < -0.39 is 7.81 Å². The van der Waals surface area contributed by atoms with Gasteiger partial charge in [-0.2, -0.15) is 0 Å². The molecular weight excluding hydrogens is 321 g/mol. The number of hydrogen-bond acceptors (Lipinski definition) is 0. The molecule has 2 aliphatic carbocycles. The fraction of sp³-hybridized carbons (Fsp3) is 0. The minimum absolute atomic E-state index is 0. The second kappa shape index (κ2) is 6.60. The maximum absolute atomic E-state index is 10.7. The van der Waals surface area contributed by atoms with E-state index in [9.17, 15) is 25.2 Å². The van der Waals surface area contributed by atoms with Gasteiger partial charge in [-0.05, 0) is 0 Å². The summed E-state index contributed by atoms with van der Waals surface area (Å²) in [6, 6.07) is 0. The van der Waals surface area contributed by atoms with Crippen LogP contribution in [0.1, 0.15) is 0 Å². The van der Waals surface area contributed by atoms with Gasteiger partial charge in [0, 0.05) is 29.9 Å². The van der Waals surface area contributed by atoms with Crippen molar-refractivity contribution in [2.75, 3.05) is 0 Å². The zero-order valence-electron chi connectivity index (χ0n) is 8.84. The molecule has 0 nitrogen and oxygen atoms in total. The van der Waals surface area contributed by atoms with E-state index in [0.717, 1.165) is 0 Å². The van der Waals surface area contributed by atoms with E-state index in [1.54, 1.807) is 0 Å². The van der Waals surface area contributed by atoms with Crippen LogP contribution >= 0.6 is 7.81 Å². The van der Waals surface area contributed by atoms with Gasteiger partial charge >= 0.3 is 33.0 Å². The second-order valence-corrected chi connectivity index (χ2v) is 4.80. The maximum atomic E-state index is 9.87. The summed E-state index contributed by atoms with van der Waals surface area (Å²) in [7, 11) is -10.7. The first-order chi connectivity index (χ1) is 7.45. The third-order valence-corrected chi connectivity index (χ3v) is 1.11. The monoisotopic (exact) mass is 331 g/mol. The normalized spacial score (nSPS) is 18.8. The molecule has 0 saturated heterocycles. The van der Waals surface area contributed by atoms with Crippen molar-refractivity contribution >= 4 is 7.81 Å². The van der Waals surface area contributed by atoms with Crippen molar-refractivity contribution in [3.05, 3.63) is 61.4 Å². The van der Waals surface area contributed by atoms with Crippen molar-refractivity contribution in [1.82, 2.24) is 0 Å². The van der Waals surface area contributed by atoms with Crippen LogP contribution in [0.25, 0.3) is 0 Å². The molecule has 0 atom stereocenters. The minimum atomic E-state index is -10.7. The Morgan fingerprint density at radius 2 is 0.611 bits per heavy atom. The Bertz CT molecular complexity index is 295. The van der Waals surface area contributed by atoms with E-state index in [2.05, 4.69) is 0 Å². The molecule has 2 rings (SSSR count). The minimum Gasteiger partial charge on any atom is -0.0767 e. The summed E-state index contributed by atoms with van der Waals surface area (Å²) in [5, 5.41) is 0. The van der Waals surface area contributed by atoms with Crippen LogP contribution in [0.4, 0.5) is 25.2 Å². The van der Waals surface area contributed by atoms with Crippen LogP contribution in [-0.2, 0) is 17.1 Å². The largest absolute Gasteiger partial charge is 0.0767 e. The molecule has 0 aromatic carbocycles. The average molecular weight is 331 g/mol. The van der Waals surface area contributed by atoms with E-state index in [-0.39, 0.29) is 17.1 Å². The zero-order valence-corrected chi connectivity index (χ0v) is 10.8. The first kappa shape index (κ1) is 19.8. The van der Waals surface area contributed by atoms with Gasteiger partial charge in [-0.15, -0.1) is 0 Å². The SMILES string of the molecule is F[P-](F)(F)(F)(F)F.[CH]1C=CC=C1.[CH]1C=CC=C1.[Fe]. The first-order valence-electron chi connectivity index (χ1n) is 4.35. The van der Waals surface area contributed by atoms with Crippen LogP contribution in [0.15, 0.2) is 48.6 Å². The van der Waals surface area contributed by atoms with Crippen LogP contribution in [0, 0.1) is 12.8 Å². The van der Waals surface area contributed by atoms with Gasteiger partial charge in [-0.25, -0.2) is 0 Å². The smallest absolute Gasteiger partial charge is 0.00506 e. The summed E-state index contributed by atoms with van der Waals surface area (Å²) < 4.78 is 59.2. The molecule has 2 radical (unpaired) electrons. The summed E-state index contributed by atoms with van der Waals surface area (Å²) in [6.07, 6.45) is 20.0. The Hall–Kier alpha value is -0.511. The van der Waals surface area contributed by atoms with Gasteiger partial charge in [0.05, 0.1) is 0 Å². The fourth-order valence-corrected chi connectivity index (χ4v) is 0.642. The molecule has 0 spiro atoms. The predicted octanol–water partition coefficient (Wildman–Crippen LogP) is 6.01. The van der Waals surface area contributed by atoms with Gasteiger partial charge in [-0.3, -0.25) is 0 Å². The summed E-state index contributed by atoms with van der Waals surface area (Å²) in [5.41, 5.74) is 0. The molecule has 8 heteroatoms. The van der Waals surface area contributed by atoms with Crippen LogP contribution in [0.2, 0.25) is 0 Å². The van der Waals surface area contributed by atoms with Gasteiger partial charge in [0.25, 0.3) is 0 Å². The van der Waals surface area contributed by atoms with Crippen molar-refractivity contribution in [2.24, 2.45) is 0 Å². The summed E-state index contributed by atoms with van der Waals surface area (Å²) in [4.78, 5) is 0. The van der Waals surface area contributed by atoms with E-state index >= 15 is 0 Å². The fourth-order valence-electron chi connectivity index (χ4n) is 0.642. The Balaban J connectivity index is 0. The van der Waals surface area contributed by atoms with Crippen molar-refractivity contribution in [3.8, 4) is 0 Å². The molecule has 0 fully saturated rings. The van der Waals surface area contributed by atoms with Gasteiger partial charge in [0.2, 0.25) is 0 Å². The predicted molar refractivity (Wildman–Crippen MR) is 58.7 cm³/mol. The molecule has 0 heterocycles. The van der Waals surface area contributed by atoms with Crippen LogP contribution in [0.5, 0.6) is 0 Å². The molecule has 18 heavy (non-hydrogen) atoms. The molecule has 0 aliphatic heterocycles. The molecule has 0 saturated carbocycles. The Kier molecular flexibility index (Phi) is 7.26. The molecular formula is C10H10F6FeP-. The molecule has 106 valence electrons. The zero-order chi connectivity index (χ0) is 13.5. The number of rotatable bonds is 0. The summed E-state index contributed by atoms with van der Waals surface area (Å²) >= 11 is 0. The molecule has 0 unspecified atom stereocenters. The van der Waals surface area contributed by atoms with Crippen molar-refractivity contribution < 1.29 is 42.3 Å². The van der Waals surface area contributed by atoms with Crippen molar-refractivity contribution in [3.63, 3.8) is 0 Å². The van der Waals surface area contributed by atoms with E-state index in [0.29, 0.717) is 0 Å². The Morgan fingerprint density at radius 3 is 0.667 bits per heavy atom. The number of hydrogen-bond donors (Lipinski definition) is 0. The van der Waals surface area contributed by atoms with Gasteiger partial charge in [0.1, 0.15) is 0 Å². The van der Waals surface area contributed by atoms with Gasteiger partial charge in [-0.1, -0.05) is 48.6 Å². The second-order valence-electron chi connectivity index (χ2n) is 2.88.